The first-order valence-corrected chi connectivity index (χ1v) is 7.63. The monoisotopic (exact) mass is 323 g/mol. The molecule has 1 aliphatic rings. The molecule has 0 aromatic heterocycles. The maximum absolute atomic E-state index is 12.3. The van der Waals surface area contributed by atoms with Gasteiger partial charge in [0.2, 0.25) is 11.7 Å². The molecule has 0 radical (unpaired) electrons. The molecule has 2 rings (SSSR count). The molecule has 1 aromatic carbocycles. The molecule has 1 heterocycles. The second-order valence-corrected chi connectivity index (χ2v) is 5.49. The molecule has 128 valence electrons. The number of anilines is 1. The zero-order chi connectivity index (χ0) is 16.8. The number of benzene rings is 1. The Kier molecular flexibility index (Phi) is 6.06. The first-order chi connectivity index (χ1) is 11.1. The summed E-state index contributed by atoms with van der Waals surface area (Å²) < 4.78 is 15.9. The summed E-state index contributed by atoms with van der Waals surface area (Å²) >= 11 is 0. The Hall–Kier alpha value is -1.99. The Bertz CT molecular complexity index is 525. The molecule has 0 spiro atoms. The molecule has 0 saturated carbocycles. The second-order valence-electron chi connectivity index (χ2n) is 5.49. The van der Waals surface area contributed by atoms with Crippen LogP contribution in [0.5, 0.6) is 17.2 Å². The van der Waals surface area contributed by atoms with Gasteiger partial charge >= 0.3 is 0 Å². The van der Waals surface area contributed by atoms with E-state index in [4.69, 9.17) is 14.2 Å². The van der Waals surface area contributed by atoms with Crippen molar-refractivity contribution < 1.29 is 19.0 Å². The summed E-state index contributed by atoms with van der Waals surface area (Å²) in [5.74, 6) is 1.46. The summed E-state index contributed by atoms with van der Waals surface area (Å²) in [7, 11) is 4.64. The molecule has 0 aliphatic carbocycles. The second kappa shape index (κ2) is 8.03. The summed E-state index contributed by atoms with van der Waals surface area (Å²) in [4.78, 5) is 14.5. The van der Waals surface area contributed by atoms with Gasteiger partial charge in [-0.25, -0.2) is 0 Å². The van der Waals surface area contributed by atoms with Crippen LogP contribution in [-0.2, 0) is 4.79 Å². The fourth-order valence-corrected chi connectivity index (χ4v) is 2.66. The van der Waals surface area contributed by atoms with Crippen LogP contribution >= 0.6 is 0 Å². The molecule has 1 atom stereocenters. The number of hydrogen-bond acceptors (Lipinski definition) is 6. The molecule has 1 amide bonds. The van der Waals surface area contributed by atoms with E-state index in [9.17, 15) is 4.79 Å². The highest BCUT2D eigenvalue weighted by Crippen LogP contribution is 2.39. The Labute approximate surface area is 136 Å². The topological polar surface area (TPSA) is 72.1 Å². The predicted molar refractivity (Wildman–Crippen MR) is 88.6 cm³/mol. The van der Waals surface area contributed by atoms with Crippen molar-refractivity contribution in [2.45, 2.75) is 13.0 Å². The van der Waals surface area contributed by atoms with E-state index in [-0.39, 0.29) is 5.91 Å². The lowest BCUT2D eigenvalue weighted by atomic mass is 10.2. The highest BCUT2D eigenvalue weighted by atomic mass is 16.5. The predicted octanol–water partition coefficient (Wildman–Crippen LogP) is 0.945. The SMILES string of the molecule is COc1cc(NC(=O)CN2CCNC[C@H]2C)cc(OC)c1OC. The van der Waals surface area contributed by atoms with Crippen molar-refractivity contribution in [2.24, 2.45) is 0 Å². The molecular weight excluding hydrogens is 298 g/mol. The molecule has 1 aliphatic heterocycles. The van der Waals surface area contributed by atoms with Crippen molar-refractivity contribution in [1.82, 2.24) is 10.2 Å². The van der Waals surface area contributed by atoms with Gasteiger partial charge in [0, 0.05) is 43.5 Å². The summed E-state index contributed by atoms with van der Waals surface area (Å²) in [5, 5.41) is 6.20. The fourth-order valence-electron chi connectivity index (χ4n) is 2.66. The number of piperazine rings is 1. The number of rotatable bonds is 6. The summed E-state index contributed by atoms with van der Waals surface area (Å²) in [5.41, 5.74) is 0.618. The minimum Gasteiger partial charge on any atom is -0.493 e. The minimum absolute atomic E-state index is 0.0620. The number of nitrogens with zero attached hydrogens (tertiary/aromatic N) is 1. The van der Waals surface area contributed by atoms with Gasteiger partial charge in [0.15, 0.2) is 11.5 Å². The quantitative estimate of drug-likeness (QED) is 0.812. The number of nitrogens with one attached hydrogen (secondary N) is 2. The van der Waals surface area contributed by atoms with Gasteiger partial charge in [-0.2, -0.15) is 0 Å². The van der Waals surface area contributed by atoms with Crippen molar-refractivity contribution in [3.63, 3.8) is 0 Å². The molecule has 0 unspecified atom stereocenters. The third kappa shape index (κ3) is 4.27. The van der Waals surface area contributed by atoms with Gasteiger partial charge in [-0.3, -0.25) is 9.69 Å². The lowest BCUT2D eigenvalue weighted by Gasteiger charge is -2.33. The van der Waals surface area contributed by atoms with E-state index < -0.39 is 0 Å². The highest BCUT2D eigenvalue weighted by molar-refractivity contribution is 5.93. The van der Waals surface area contributed by atoms with E-state index in [1.165, 1.54) is 0 Å². The average molecular weight is 323 g/mol. The van der Waals surface area contributed by atoms with Crippen molar-refractivity contribution >= 4 is 11.6 Å². The third-order valence-electron chi connectivity index (χ3n) is 3.93. The van der Waals surface area contributed by atoms with Crippen LogP contribution in [0.25, 0.3) is 0 Å². The van der Waals surface area contributed by atoms with Crippen molar-refractivity contribution in [1.29, 1.82) is 0 Å². The molecule has 0 bridgehead atoms. The largest absolute Gasteiger partial charge is 0.493 e. The smallest absolute Gasteiger partial charge is 0.238 e. The van der Waals surface area contributed by atoms with Crippen molar-refractivity contribution in [2.75, 3.05) is 52.8 Å². The first kappa shape index (κ1) is 17.4. The van der Waals surface area contributed by atoms with Crippen molar-refractivity contribution in [3.8, 4) is 17.2 Å². The zero-order valence-corrected chi connectivity index (χ0v) is 14.1. The van der Waals surface area contributed by atoms with E-state index in [1.807, 2.05) is 0 Å². The van der Waals surface area contributed by atoms with Gasteiger partial charge in [-0.1, -0.05) is 0 Å². The normalized spacial score (nSPS) is 18.3. The molecule has 7 heteroatoms. The number of methoxy groups -OCH3 is 3. The van der Waals surface area contributed by atoms with Crippen LogP contribution in [-0.4, -0.2) is 64.4 Å². The average Bonchev–Trinajstić information content (AvgIpc) is 2.55. The summed E-state index contributed by atoms with van der Waals surface area (Å²) in [6, 6.07) is 3.79. The number of ether oxygens (including phenoxy) is 3. The Morgan fingerprint density at radius 1 is 1.26 bits per heavy atom. The molecular formula is C16H25N3O4. The molecule has 1 aromatic rings. The molecule has 1 saturated heterocycles. The number of carbonyl (C=O) groups excluding carboxylic acids is 1. The Morgan fingerprint density at radius 2 is 1.91 bits per heavy atom. The van der Waals surface area contributed by atoms with Crippen LogP contribution in [0, 0.1) is 0 Å². The Morgan fingerprint density at radius 3 is 2.43 bits per heavy atom. The van der Waals surface area contributed by atoms with E-state index >= 15 is 0 Å². The van der Waals surface area contributed by atoms with Gasteiger partial charge in [-0.05, 0) is 6.92 Å². The number of carbonyl (C=O) groups is 1. The molecule has 7 nitrogen and oxygen atoms in total. The summed E-state index contributed by atoms with van der Waals surface area (Å²) in [6.45, 7) is 5.14. The molecule has 2 N–H and O–H groups in total. The minimum atomic E-state index is -0.0620. The zero-order valence-electron chi connectivity index (χ0n) is 14.1. The lowest BCUT2D eigenvalue weighted by Crippen LogP contribution is -2.51. The highest BCUT2D eigenvalue weighted by Gasteiger charge is 2.21. The van der Waals surface area contributed by atoms with Gasteiger partial charge in [0.1, 0.15) is 0 Å². The van der Waals surface area contributed by atoms with E-state index in [0.717, 1.165) is 19.6 Å². The van der Waals surface area contributed by atoms with Crippen LogP contribution < -0.4 is 24.8 Å². The fraction of sp³-hybridized carbons (Fsp3) is 0.562. The Balaban J connectivity index is 2.08. The number of hydrogen-bond donors (Lipinski definition) is 2. The lowest BCUT2D eigenvalue weighted by molar-refractivity contribution is -0.118. The maximum Gasteiger partial charge on any atom is 0.238 e. The van der Waals surface area contributed by atoms with Gasteiger partial charge in [0.25, 0.3) is 0 Å². The van der Waals surface area contributed by atoms with Crippen LogP contribution in [0.1, 0.15) is 6.92 Å². The van der Waals surface area contributed by atoms with Crippen molar-refractivity contribution in [3.05, 3.63) is 12.1 Å². The maximum atomic E-state index is 12.3. The number of amides is 1. The van der Waals surface area contributed by atoms with Crippen LogP contribution in [0.2, 0.25) is 0 Å². The van der Waals surface area contributed by atoms with E-state index in [2.05, 4.69) is 22.5 Å². The summed E-state index contributed by atoms with van der Waals surface area (Å²) in [6.07, 6.45) is 0. The molecule has 1 fully saturated rings. The standard InChI is InChI=1S/C16H25N3O4/c1-11-9-17-5-6-19(11)10-15(20)18-12-7-13(21-2)16(23-4)14(8-12)22-3/h7-8,11,17H,5-6,9-10H2,1-4H3,(H,18,20)/t11-/m1/s1. The van der Waals surface area contributed by atoms with Crippen LogP contribution in [0.15, 0.2) is 12.1 Å². The van der Waals surface area contributed by atoms with Gasteiger partial charge < -0.3 is 24.8 Å². The van der Waals surface area contributed by atoms with E-state index in [0.29, 0.717) is 35.5 Å². The first-order valence-electron chi connectivity index (χ1n) is 7.63. The van der Waals surface area contributed by atoms with Crippen LogP contribution in [0.4, 0.5) is 5.69 Å². The van der Waals surface area contributed by atoms with Gasteiger partial charge in [-0.15, -0.1) is 0 Å². The van der Waals surface area contributed by atoms with Crippen LogP contribution in [0.3, 0.4) is 0 Å². The third-order valence-corrected chi connectivity index (χ3v) is 3.93. The van der Waals surface area contributed by atoms with Gasteiger partial charge in [0.05, 0.1) is 27.9 Å². The van der Waals surface area contributed by atoms with E-state index in [1.54, 1.807) is 33.5 Å². The molecule has 23 heavy (non-hydrogen) atoms.